The Morgan fingerprint density at radius 2 is 2.00 bits per heavy atom. The summed E-state index contributed by atoms with van der Waals surface area (Å²) in [7, 11) is 5.50. The standard InChI is InChI=1S/C21H31N7O/c1-22-21(26(2)15-19-24-16-25-27(19)3)23-14-20(29)28-11-9-18(10-12-28)13-17-7-5-4-6-8-17/h4-8,16,18H,9-15H2,1-3H3,(H,22,23). The van der Waals surface area contributed by atoms with Crippen molar-refractivity contribution in [3.8, 4) is 0 Å². The van der Waals surface area contributed by atoms with Crippen LogP contribution in [0.3, 0.4) is 0 Å². The molecule has 8 heteroatoms. The highest BCUT2D eigenvalue weighted by atomic mass is 16.2. The summed E-state index contributed by atoms with van der Waals surface area (Å²) in [5.41, 5.74) is 1.38. The highest BCUT2D eigenvalue weighted by molar-refractivity contribution is 5.86. The van der Waals surface area contributed by atoms with Crippen LogP contribution in [0.4, 0.5) is 0 Å². The Kier molecular flexibility index (Phi) is 7.21. The third kappa shape index (κ3) is 5.79. The predicted molar refractivity (Wildman–Crippen MR) is 113 cm³/mol. The average Bonchev–Trinajstić information content (AvgIpc) is 3.14. The predicted octanol–water partition coefficient (Wildman–Crippen LogP) is 1.30. The summed E-state index contributed by atoms with van der Waals surface area (Å²) in [4.78, 5) is 25.0. The summed E-state index contributed by atoms with van der Waals surface area (Å²) in [6.07, 6.45) is 4.74. The first-order chi connectivity index (χ1) is 14.1. The van der Waals surface area contributed by atoms with Crippen LogP contribution in [0.2, 0.25) is 0 Å². The number of hydrogen-bond acceptors (Lipinski definition) is 4. The number of aromatic nitrogens is 3. The number of nitrogens with one attached hydrogen (secondary N) is 1. The van der Waals surface area contributed by atoms with Crippen LogP contribution >= 0.6 is 0 Å². The fraction of sp³-hybridized carbons (Fsp3) is 0.524. The lowest BCUT2D eigenvalue weighted by Gasteiger charge is -2.32. The molecule has 1 amide bonds. The highest BCUT2D eigenvalue weighted by Gasteiger charge is 2.23. The molecule has 29 heavy (non-hydrogen) atoms. The maximum Gasteiger partial charge on any atom is 0.241 e. The number of carbonyl (C=O) groups is 1. The van der Waals surface area contributed by atoms with Crippen molar-refractivity contribution in [2.45, 2.75) is 25.8 Å². The van der Waals surface area contributed by atoms with Gasteiger partial charge < -0.3 is 15.1 Å². The molecule has 1 aliphatic rings. The molecule has 8 nitrogen and oxygen atoms in total. The fourth-order valence-electron chi connectivity index (χ4n) is 3.74. The number of carbonyl (C=O) groups excluding carboxylic acids is 1. The fourth-order valence-corrected chi connectivity index (χ4v) is 3.74. The summed E-state index contributed by atoms with van der Waals surface area (Å²) < 4.78 is 1.73. The molecular weight excluding hydrogens is 366 g/mol. The second kappa shape index (κ2) is 10.0. The number of amides is 1. The minimum atomic E-state index is 0.122. The topological polar surface area (TPSA) is 78.7 Å². The summed E-state index contributed by atoms with van der Waals surface area (Å²) >= 11 is 0. The number of rotatable bonds is 6. The van der Waals surface area contributed by atoms with Gasteiger partial charge in [-0.3, -0.25) is 14.5 Å². The van der Waals surface area contributed by atoms with Crippen LogP contribution < -0.4 is 5.32 Å². The van der Waals surface area contributed by atoms with Crippen molar-refractivity contribution >= 4 is 11.9 Å². The second-order valence-electron chi connectivity index (χ2n) is 7.57. The number of aliphatic imine (C=N–C) groups is 1. The molecule has 1 aliphatic heterocycles. The lowest BCUT2D eigenvalue weighted by Crippen LogP contribution is -2.47. The van der Waals surface area contributed by atoms with Crippen molar-refractivity contribution in [2.24, 2.45) is 18.0 Å². The van der Waals surface area contributed by atoms with Gasteiger partial charge in [0.25, 0.3) is 0 Å². The Labute approximate surface area is 172 Å². The molecule has 0 atom stereocenters. The van der Waals surface area contributed by atoms with Crippen LogP contribution in [0.5, 0.6) is 0 Å². The van der Waals surface area contributed by atoms with Crippen molar-refractivity contribution < 1.29 is 4.79 Å². The van der Waals surface area contributed by atoms with Crippen molar-refractivity contribution in [3.63, 3.8) is 0 Å². The van der Waals surface area contributed by atoms with E-state index in [1.807, 2.05) is 23.9 Å². The minimum Gasteiger partial charge on any atom is -0.347 e. The third-order valence-electron chi connectivity index (χ3n) is 5.49. The van der Waals surface area contributed by atoms with Crippen molar-refractivity contribution in [1.82, 2.24) is 29.9 Å². The molecule has 3 rings (SSSR count). The van der Waals surface area contributed by atoms with Crippen molar-refractivity contribution in [3.05, 3.63) is 48.0 Å². The molecule has 0 saturated carbocycles. The Hall–Kier alpha value is -2.90. The van der Waals surface area contributed by atoms with Gasteiger partial charge in [0.05, 0.1) is 13.1 Å². The zero-order chi connectivity index (χ0) is 20.6. The number of piperidine rings is 1. The molecule has 0 aliphatic carbocycles. The van der Waals surface area contributed by atoms with E-state index >= 15 is 0 Å². The van der Waals surface area contributed by atoms with Gasteiger partial charge in [0.1, 0.15) is 12.2 Å². The van der Waals surface area contributed by atoms with Gasteiger partial charge in [-0.15, -0.1) is 0 Å². The number of hydrogen-bond donors (Lipinski definition) is 1. The lowest BCUT2D eigenvalue weighted by atomic mass is 9.90. The van der Waals surface area contributed by atoms with Gasteiger partial charge in [-0.2, -0.15) is 5.10 Å². The number of nitrogens with zero attached hydrogens (tertiary/aromatic N) is 6. The molecule has 0 radical (unpaired) electrons. The smallest absolute Gasteiger partial charge is 0.241 e. The molecule has 0 spiro atoms. The summed E-state index contributed by atoms with van der Waals surface area (Å²) in [6.45, 7) is 2.46. The number of aryl methyl sites for hydroxylation is 1. The van der Waals surface area contributed by atoms with E-state index in [4.69, 9.17) is 0 Å². The molecule has 2 aromatic rings. The van der Waals surface area contributed by atoms with Crippen LogP contribution in [-0.4, -0.2) is 70.2 Å². The molecule has 1 saturated heterocycles. The quantitative estimate of drug-likeness (QED) is 0.587. The van der Waals surface area contributed by atoms with Gasteiger partial charge in [-0.05, 0) is 30.7 Å². The van der Waals surface area contributed by atoms with E-state index in [9.17, 15) is 4.79 Å². The molecule has 0 bridgehead atoms. The van der Waals surface area contributed by atoms with Gasteiger partial charge in [-0.25, -0.2) is 4.98 Å². The maximum absolute atomic E-state index is 12.6. The Morgan fingerprint density at radius 3 is 2.62 bits per heavy atom. The van der Waals surface area contributed by atoms with Crippen LogP contribution in [0, 0.1) is 5.92 Å². The molecule has 1 fully saturated rings. The molecule has 1 aromatic carbocycles. The third-order valence-corrected chi connectivity index (χ3v) is 5.49. The molecular formula is C21H31N7O. The summed E-state index contributed by atoms with van der Waals surface area (Å²) in [5.74, 6) is 2.28. The van der Waals surface area contributed by atoms with Gasteiger partial charge in [0.15, 0.2) is 5.96 Å². The SMILES string of the molecule is CN=C(NCC(=O)N1CCC(Cc2ccccc2)CC1)N(C)Cc1ncnn1C. The van der Waals surface area contributed by atoms with E-state index in [-0.39, 0.29) is 12.5 Å². The zero-order valence-corrected chi connectivity index (χ0v) is 17.6. The van der Waals surface area contributed by atoms with E-state index in [0.29, 0.717) is 18.4 Å². The highest BCUT2D eigenvalue weighted by Crippen LogP contribution is 2.21. The molecule has 0 unspecified atom stereocenters. The first kappa shape index (κ1) is 20.8. The second-order valence-corrected chi connectivity index (χ2v) is 7.57. The van der Waals surface area contributed by atoms with Gasteiger partial charge in [0, 0.05) is 34.2 Å². The largest absolute Gasteiger partial charge is 0.347 e. The molecule has 2 heterocycles. The van der Waals surface area contributed by atoms with E-state index in [0.717, 1.165) is 38.2 Å². The van der Waals surface area contributed by atoms with Crippen molar-refractivity contribution in [2.75, 3.05) is 33.7 Å². The van der Waals surface area contributed by atoms with Crippen LogP contribution in [0.15, 0.2) is 41.7 Å². The van der Waals surface area contributed by atoms with E-state index < -0.39 is 0 Å². The molecule has 1 aromatic heterocycles. The van der Waals surface area contributed by atoms with Crippen LogP contribution in [0.25, 0.3) is 0 Å². The average molecular weight is 398 g/mol. The van der Waals surface area contributed by atoms with Crippen LogP contribution in [-0.2, 0) is 24.8 Å². The number of benzene rings is 1. The Bertz CT molecular complexity index is 809. The number of guanidine groups is 1. The first-order valence-corrected chi connectivity index (χ1v) is 10.1. The minimum absolute atomic E-state index is 0.122. The Morgan fingerprint density at radius 1 is 1.28 bits per heavy atom. The van der Waals surface area contributed by atoms with Gasteiger partial charge >= 0.3 is 0 Å². The van der Waals surface area contributed by atoms with E-state index in [1.165, 1.54) is 11.9 Å². The maximum atomic E-state index is 12.6. The lowest BCUT2D eigenvalue weighted by molar-refractivity contribution is -0.131. The van der Waals surface area contributed by atoms with Gasteiger partial charge in [0.2, 0.25) is 5.91 Å². The molecule has 156 valence electrons. The molecule has 1 N–H and O–H groups in total. The number of likely N-dealkylation sites (tertiary alicyclic amines) is 1. The zero-order valence-electron chi connectivity index (χ0n) is 17.6. The van der Waals surface area contributed by atoms with Gasteiger partial charge in [-0.1, -0.05) is 30.3 Å². The van der Waals surface area contributed by atoms with E-state index in [1.54, 1.807) is 11.7 Å². The van der Waals surface area contributed by atoms with Crippen LogP contribution in [0.1, 0.15) is 24.2 Å². The van der Waals surface area contributed by atoms with E-state index in [2.05, 4.69) is 50.7 Å². The summed E-state index contributed by atoms with van der Waals surface area (Å²) in [6, 6.07) is 10.6. The summed E-state index contributed by atoms with van der Waals surface area (Å²) in [5, 5.41) is 7.26. The normalized spacial score (nSPS) is 15.4. The van der Waals surface area contributed by atoms with Crippen molar-refractivity contribution in [1.29, 1.82) is 0 Å². The first-order valence-electron chi connectivity index (χ1n) is 10.1. The monoisotopic (exact) mass is 397 g/mol. The Balaban J connectivity index is 1.42.